The van der Waals surface area contributed by atoms with E-state index in [4.69, 9.17) is 5.73 Å². The predicted molar refractivity (Wildman–Crippen MR) is 47.8 cm³/mol. The molecule has 0 aromatic heterocycles. The van der Waals surface area contributed by atoms with Gasteiger partial charge in [-0.15, -0.1) is 0 Å². The highest BCUT2D eigenvalue weighted by Gasteiger charge is 2.38. The fraction of sp³-hybridized carbons (Fsp3) is 1.00. The first-order chi connectivity index (χ1) is 5.73. The Kier molecular flexibility index (Phi) is 2.10. The third kappa shape index (κ3) is 1.63. The first-order valence-corrected chi connectivity index (χ1v) is 4.90. The molecular formula is C9H18N2O. The molecule has 0 aromatic rings. The van der Waals surface area contributed by atoms with Crippen LogP contribution < -0.4 is 5.73 Å². The van der Waals surface area contributed by atoms with Crippen molar-refractivity contribution in [3.8, 4) is 0 Å². The molecule has 1 aliphatic heterocycles. The molecule has 1 heterocycles. The van der Waals surface area contributed by atoms with Gasteiger partial charge in [0.1, 0.15) is 0 Å². The van der Waals surface area contributed by atoms with Crippen molar-refractivity contribution in [1.29, 1.82) is 0 Å². The minimum Gasteiger partial charge on any atom is -0.387 e. The molecule has 2 fully saturated rings. The maximum absolute atomic E-state index is 9.96. The Morgan fingerprint density at radius 3 is 2.83 bits per heavy atom. The van der Waals surface area contributed by atoms with Gasteiger partial charge in [0.2, 0.25) is 0 Å². The lowest BCUT2D eigenvalue weighted by Gasteiger charge is -2.38. The van der Waals surface area contributed by atoms with Crippen LogP contribution in [0, 0.1) is 0 Å². The van der Waals surface area contributed by atoms with Crippen LogP contribution in [-0.4, -0.2) is 41.3 Å². The molecule has 0 amide bonds. The van der Waals surface area contributed by atoms with E-state index in [0.717, 1.165) is 32.0 Å². The second-order valence-corrected chi connectivity index (χ2v) is 4.23. The number of aliphatic hydroxyl groups is 1. The molecule has 3 heteroatoms. The number of likely N-dealkylation sites (tertiary alicyclic amines) is 1. The Labute approximate surface area is 73.5 Å². The quantitative estimate of drug-likeness (QED) is 0.610. The number of hydrogen-bond donors (Lipinski definition) is 2. The van der Waals surface area contributed by atoms with Crippen molar-refractivity contribution in [3.63, 3.8) is 0 Å². The van der Waals surface area contributed by atoms with E-state index in [1.165, 1.54) is 12.8 Å². The van der Waals surface area contributed by atoms with Crippen LogP contribution in [0.2, 0.25) is 0 Å². The zero-order chi connectivity index (χ0) is 8.60. The van der Waals surface area contributed by atoms with Gasteiger partial charge in [0, 0.05) is 19.1 Å². The lowest BCUT2D eigenvalue weighted by Crippen LogP contribution is -2.52. The van der Waals surface area contributed by atoms with Crippen LogP contribution in [-0.2, 0) is 0 Å². The lowest BCUT2D eigenvalue weighted by atomic mass is 9.93. The number of nitrogens with zero attached hydrogens (tertiary/aromatic N) is 1. The summed E-state index contributed by atoms with van der Waals surface area (Å²) in [5, 5.41) is 9.96. The van der Waals surface area contributed by atoms with Gasteiger partial charge < -0.3 is 10.8 Å². The molecule has 1 aliphatic carbocycles. The molecule has 0 radical (unpaired) electrons. The van der Waals surface area contributed by atoms with E-state index in [9.17, 15) is 5.11 Å². The van der Waals surface area contributed by atoms with Gasteiger partial charge in [-0.05, 0) is 32.2 Å². The molecule has 0 aromatic carbocycles. The van der Waals surface area contributed by atoms with Crippen molar-refractivity contribution in [2.75, 3.05) is 19.6 Å². The van der Waals surface area contributed by atoms with Crippen LogP contribution in [0.5, 0.6) is 0 Å². The monoisotopic (exact) mass is 170 g/mol. The highest BCUT2D eigenvalue weighted by Crippen LogP contribution is 2.31. The largest absolute Gasteiger partial charge is 0.387 e. The molecule has 0 bridgehead atoms. The van der Waals surface area contributed by atoms with Crippen molar-refractivity contribution >= 4 is 0 Å². The predicted octanol–water partition coefficient (Wildman–Crippen LogP) is -0.0656. The van der Waals surface area contributed by atoms with Gasteiger partial charge in [-0.1, -0.05) is 0 Å². The van der Waals surface area contributed by atoms with E-state index in [1.54, 1.807) is 0 Å². The number of hydrogen-bond acceptors (Lipinski definition) is 3. The lowest BCUT2D eigenvalue weighted by molar-refractivity contribution is -0.0259. The molecular weight excluding hydrogens is 152 g/mol. The second kappa shape index (κ2) is 2.98. The van der Waals surface area contributed by atoms with Crippen molar-refractivity contribution < 1.29 is 5.11 Å². The first kappa shape index (κ1) is 8.48. The summed E-state index contributed by atoms with van der Waals surface area (Å²) in [7, 11) is 0. The number of rotatable bonds is 2. The highest BCUT2D eigenvalue weighted by atomic mass is 16.3. The molecule has 3 N–H and O–H groups in total. The summed E-state index contributed by atoms with van der Waals surface area (Å²) in [5.41, 5.74) is 4.96. The van der Waals surface area contributed by atoms with Crippen LogP contribution in [0.15, 0.2) is 0 Å². The zero-order valence-electron chi connectivity index (χ0n) is 7.50. The Morgan fingerprint density at radius 1 is 1.50 bits per heavy atom. The number of β-amino-alcohol motifs (C(OH)–C–C–N with tert-alkyl or cyclic N) is 1. The Hall–Kier alpha value is -0.120. The van der Waals surface area contributed by atoms with Crippen LogP contribution in [0.1, 0.15) is 25.7 Å². The van der Waals surface area contributed by atoms with E-state index < -0.39 is 5.60 Å². The standard InChI is InChI=1S/C9H18N2O/c10-6-9(12)4-1-5-11(7-9)8-2-3-8/h8,12H,1-7,10H2. The Bertz CT molecular complexity index is 170. The van der Waals surface area contributed by atoms with E-state index in [-0.39, 0.29) is 0 Å². The maximum atomic E-state index is 9.96. The van der Waals surface area contributed by atoms with Crippen LogP contribution >= 0.6 is 0 Å². The number of nitrogens with two attached hydrogens (primary N) is 1. The molecule has 3 nitrogen and oxygen atoms in total. The van der Waals surface area contributed by atoms with E-state index >= 15 is 0 Å². The molecule has 1 saturated heterocycles. The third-order valence-corrected chi connectivity index (χ3v) is 3.03. The van der Waals surface area contributed by atoms with E-state index in [2.05, 4.69) is 4.90 Å². The third-order valence-electron chi connectivity index (χ3n) is 3.03. The normalized spacial score (nSPS) is 38.5. The fourth-order valence-corrected chi connectivity index (χ4v) is 2.07. The minimum atomic E-state index is -0.582. The summed E-state index contributed by atoms with van der Waals surface area (Å²) in [6, 6.07) is 0.767. The van der Waals surface area contributed by atoms with E-state index in [1.807, 2.05) is 0 Å². The van der Waals surface area contributed by atoms with Crippen molar-refractivity contribution in [3.05, 3.63) is 0 Å². The summed E-state index contributed by atoms with van der Waals surface area (Å²) in [6.45, 7) is 2.37. The molecule has 0 spiro atoms. The Balaban J connectivity index is 1.93. The zero-order valence-corrected chi connectivity index (χ0v) is 7.50. The van der Waals surface area contributed by atoms with Gasteiger partial charge in [0.05, 0.1) is 5.60 Å². The van der Waals surface area contributed by atoms with Crippen molar-refractivity contribution in [1.82, 2.24) is 4.90 Å². The summed E-state index contributed by atoms with van der Waals surface area (Å²) >= 11 is 0. The Morgan fingerprint density at radius 2 is 2.25 bits per heavy atom. The van der Waals surface area contributed by atoms with Gasteiger partial charge >= 0.3 is 0 Å². The summed E-state index contributed by atoms with van der Waals surface area (Å²) in [6.07, 6.45) is 4.62. The van der Waals surface area contributed by atoms with Gasteiger partial charge in [-0.3, -0.25) is 4.90 Å². The average molecular weight is 170 g/mol. The smallest absolute Gasteiger partial charge is 0.0896 e. The molecule has 1 atom stereocenters. The fourth-order valence-electron chi connectivity index (χ4n) is 2.07. The summed E-state index contributed by atoms with van der Waals surface area (Å²) < 4.78 is 0. The van der Waals surface area contributed by atoms with Crippen LogP contribution in [0.25, 0.3) is 0 Å². The van der Waals surface area contributed by atoms with Gasteiger partial charge in [-0.2, -0.15) is 0 Å². The molecule has 2 rings (SSSR count). The topological polar surface area (TPSA) is 49.5 Å². The second-order valence-electron chi connectivity index (χ2n) is 4.23. The van der Waals surface area contributed by atoms with Crippen molar-refractivity contribution in [2.45, 2.75) is 37.3 Å². The molecule has 12 heavy (non-hydrogen) atoms. The minimum absolute atomic E-state index is 0.413. The summed E-state index contributed by atoms with van der Waals surface area (Å²) in [4.78, 5) is 2.40. The molecule has 1 unspecified atom stereocenters. The molecule has 2 aliphatic rings. The molecule has 70 valence electrons. The average Bonchev–Trinajstić information content (AvgIpc) is 2.87. The first-order valence-electron chi connectivity index (χ1n) is 4.90. The van der Waals surface area contributed by atoms with Crippen LogP contribution in [0.4, 0.5) is 0 Å². The van der Waals surface area contributed by atoms with Crippen LogP contribution in [0.3, 0.4) is 0 Å². The molecule has 1 saturated carbocycles. The van der Waals surface area contributed by atoms with Gasteiger partial charge in [0.25, 0.3) is 0 Å². The van der Waals surface area contributed by atoms with E-state index in [0.29, 0.717) is 6.54 Å². The highest BCUT2D eigenvalue weighted by molar-refractivity contribution is 4.94. The maximum Gasteiger partial charge on any atom is 0.0896 e. The number of piperidine rings is 1. The van der Waals surface area contributed by atoms with Gasteiger partial charge in [0.15, 0.2) is 0 Å². The van der Waals surface area contributed by atoms with Crippen molar-refractivity contribution in [2.24, 2.45) is 5.73 Å². The van der Waals surface area contributed by atoms with Gasteiger partial charge in [-0.25, -0.2) is 0 Å². The SMILES string of the molecule is NCC1(O)CCCN(C2CC2)C1. The summed E-state index contributed by atoms with van der Waals surface area (Å²) in [5.74, 6) is 0.